The average molecular weight is 381 g/mol. The fourth-order valence-electron chi connectivity index (χ4n) is 3.47. The van der Waals surface area contributed by atoms with Gasteiger partial charge in [0.15, 0.2) is 11.6 Å². The first kappa shape index (κ1) is 18.2. The van der Waals surface area contributed by atoms with Crippen molar-refractivity contribution in [1.29, 1.82) is 0 Å². The number of carbonyl (C=O) groups excluding carboxylic acids is 1. The summed E-state index contributed by atoms with van der Waals surface area (Å²) in [5.74, 6) is 0.594. The summed E-state index contributed by atoms with van der Waals surface area (Å²) in [5.41, 5.74) is 2.64. The van der Waals surface area contributed by atoms with Crippen LogP contribution in [0.2, 0.25) is 0 Å². The van der Waals surface area contributed by atoms with Gasteiger partial charge in [0.2, 0.25) is 17.6 Å². The van der Waals surface area contributed by atoms with Crippen molar-refractivity contribution in [3.63, 3.8) is 0 Å². The lowest BCUT2D eigenvalue weighted by Gasteiger charge is -2.22. The number of likely N-dealkylation sites (tertiary alicyclic amines) is 1. The molecular formula is C21H20FN3O3. The summed E-state index contributed by atoms with van der Waals surface area (Å²) < 4.78 is 24.4. The van der Waals surface area contributed by atoms with E-state index in [9.17, 15) is 9.18 Å². The number of carbonyl (C=O) groups is 1. The minimum atomic E-state index is -0.456. The Kier molecular flexibility index (Phi) is 4.81. The van der Waals surface area contributed by atoms with Gasteiger partial charge >= 0.3 is 0 Å². The van der Waals surface area contributed by atoms with Crippen molar-refractivity contribution < 1.29 is 18.4 Å². The molecule has 1 amide bonds. The average Bonchev–Trinajstić information content (AvgIpc) is 3.30. The normalized spacial score (nSPS) is 16.6. The standard InChI is InChI=1S/C21H20FN3O3/c1-13-4-3-5-15(10-13)20-23-21(28-24-20)17-7-9-19(26)25(17)12-14-6-8-18(27-2)16(22)11-14/h3-6,8,10-11,17H,7,9,12H2,1-2H3. The maximum absolute atomic E-state index is 14.0. The molecule has 1 aromatic heterocycles. The van der Waals surface area contributed by atoms with Crippen LogP contribution in [0.5, 0.6) is 5.75 Å². The van der Waals surface area contributed by atoms with Gasteiger partial charge in [-0.1, -0.05) is 35.0 Å². The number of rotatable bonds is 5. The molecule has 3 aromatic rings. The molecule has 1 saturated heterocycles. The molecule has 0 radical (unpaired) electrons. The Morgan fingerprint density at radius 3 is 2.89 bits per heavy atom. The highest BCUT2D eigenvalue weighted by molar-refractivity contribution is 5.78. The second-order valence-corrected chi connectivity index (χ2v) is 6.87. The van der Waals surface area contributed by atoms with Crippen LogP contribution >= 0.6 is 0 Å². The second-order valence-electron chi connectivity index (χ2n) is 6.87. The van der Waals surface area contributed by atoms with Crippen molar-refractivity contribution in [2.75, 3.05) is 7.11 Å². The molecule has 28 heavy (non-hydrogen) atoms. The summed E-state index contributed by atoms with van der Waals surface area (Å²) in [5, 5.41) is 4.07. The third-order valence-electron chi connectivity index (χ3n) is 4.90. The van der Waals surface area contributed by atoms with E-state index in [0.717, 1.165) is 11.1 Å². The molecule has 6 nitrogen and oxygen atoms in total. The van der Waals surface area contributed by atoms with Crippen LogP contribution in [0.25, 0.3) is 11.4 Å². The molecule has 0 aliphatic carbocycles. The van der Waals surface area contributed by atoms with Gasteiger partial charge in [-0.3, -0.25) is 4.79 Å². The Labute approximate surface area is 161 Å². The summed E-state index contributed by atoms with van der Waals surface area (Å²) >= 11 is 0. The van der Waals surface area contributed by atoms with E-state index in [0.29, 0.717) is 30.1 Å². The number of methoxy groups -OCH3 is 1. The van der Waals surface area contributed by atoms with Crippen LogP contribution in [-0.4, -0.2) is 28.1 Å². The number of ether oxygens (including phenoxy) is 1. The lowest BCUT2D eigenvalue weighted by Crippen LogP contribution is -2.27. The third kappa shape index (κ3) is 3.47. The number of hydrogen-bond donors (Lipinski definition) is 0. The largest absolute Gasteiger partial charge is 0.494 e. The van der Waals surface area contributed by atoms with Crippen LogP contribution in [0.3, 0.4) is 0 Å². The zero-order chi connectivity index (χ0) is 19.7. The molecule has 1 atom stereocenters. The quantitative estimate of drug-likeness (QED) is 0.667. The van der Waals surface area contributed by atoms with Crippen LogP contribution in [0.1, 0.15) is 35.9 Å². The van der Waals surface area contributed by atoms with Crippen molar-refractivity contribution in [1.82, 2.24) is 15.0 Å². The molecule has 0 N–H and O–H groups in total. The summed E-state index contributed by atoms with van der Waals surface area (Å²) in [4.78, 5) is 18.6. The van der Waals surface area contributed by atoms with Gasteiger partial charge in [0, 0.05) is 18.5 Å². The molecule has 1 fully saturated rings. The van der Waals surface area contributed by atoms with Crippen LogP contribution in [0, 0.1) is 12.7 Å². The predicted molar refractivity (Wildman–Crippen MR) is 99.9 cm³/mol. The van der Waals surface area contributed by atoms with Gasteiger partial charge in [-0.2, -0.15) is 4.98 Å². The van der Waals surface area contributed by atoms with Gasteiger partial charge in [0.1, 0.15) is 6.04 Å². The Morgan fingerprint density at radius 1 is 1.29 bits per heavy atom. The minimum Gasteiger partial charge on any atom is -0.494 e. The first-order valence-corrected chi connectivity index (χ1v) is 9.07. The minimum absolute atomic E-state index is 0.0171. The first-order chi connectivity index (χ1) is 13.5. The van der Waals surface area contributed by atoms with Gasteiger partial charge in [-0.05, 0) is 37.1 Å². The Bertz CT molecular complexity index is 1020. The van der Waals surface area contributed by atoms with Crippen LogP contribution < -0.4 is 4.74 Å². The zero-order valence-corrected chi connectivity index (χ0v) is 15.7. The first-order valence-electron chi connectivity index (χ1n) is 9.07. The Hall–Kier alpha value is -3.22. The summed E-state index contributed by atoms with van der Waals surface area (Å²) in [6, 6.07) is 12.2. The lowest BCUT2D eigenvalue weighted by molar-refractivity contribution is -0.130. The molecule has 1 aliphatic heterocycles. The molecule has 0 bridgehead atoms. The Balaban J connectivity index is 1.57. The molecule has 1 aliphatic rings. The summed E-state index contributed by atoms with van der Waals surface area (Å²) in [6.45, 7) is 2.27. The van der Waals surface area contributed by atoms with E-state index in [1.807, 2.05) is 31.2 Å². The number of aryl methyl sites for hydroxylation is 1. The van der Waals surface area contributed by atoms with Gasteiger partial charge < -0.3 is 14.2 Å². The van der Waals surface area contributed by atoms with Crippen molar-refractivity contribution in [2.24, 2.45) is 0 Å². The number of hydrogen-bond acceptors (Lipinski definition) is 5. The van der Waals surface area contributed by atoms with E-state index in [1.54, 1.807) is 17.0 Å². The predicted octanol–water partition coefficient (Wildman–Crippen LogP) is 4.06. The lowest BCUT2D eigenvalue weighted by atomic mass is 10.1. The number of amides is 1. The van der Waals surface area contributed by atoms with Gasteiger partial charge in [-0.15, -0.1) is 0 Å². The Morgan fingerprint density at radius 2 is 2.14 bits per heavy atom. The fourth-order valence-corrected chi connectivity index (χ4v) is 3.47. The van der Waals surface area contributed by atoms with E-state index >= 15 is 0 Å². The van der Waals surface area contributed by atoms with Crippen molar-refractivity contribution in [3.8, 4) is 17.1 Å². The molecular weight excluding hydrogens is 361 g/mol. The van der Waals surface area contributed by atoms with E-state index in [4.69, 9.17) is 9.26 Å². The highest BCUT2D eigenvalue weighted by Gasteiger charge is 2.36. The van der Waals surface area contributed by atoms with Crippen LogP contribution in [0.4, 0.5) is 4.39 Å². The van der Waals surface area contributed by atoms with E-state index in [2.05, 4.69) is 10.1 Å². The van der Waals surface area contributed by atoms with E-state index in [1.165, 1.54) is 13.2 Å². The fraction of sp³-hybridized carbons (Fsp3) is 0.286. The maximum atomic E-state index is 14.0. The molecule has 1 unspecified atom stereocenters. The van der Waals surface area contributed by atoms with Crippen LogP contribution in [-0.2, 0) is 11.3 Å². The maximum Gasteiger partial charge on any atom is 0.249 e. The topological polar surface area (TPSA) is 68.5 Å². The summed E-state index contributed by atoms with van der Waals surface area (Å²) in [6.07, 6.45) is 0.985. The SMILES string of the molecule is COc1ccc(CN2C(=O)CCC2c2nc(-c3cccc(C)c3)no2)cc1F. The van der Waals surface area contributed by atoms with Crippen molar-refractivity contribution >= 4 is 5.91 Å². The van der Waals surface area contributed by atoms with Gasteiger partial charge in [0.05, 0.1) is 7.11 Å². The molecule has 4 rings (SSSR count). The van der Waals surface area contributed by atoms with E-state index in [-0.39, 0.29) is 24.2 Å². The highest BCUT2D eigenvalue weighted by atomic mass is 19.1. The molecule has 0 spiro atoms. The highest BCUT2D eigenvalue weighted by Crippen LogP contribution is 2.34. The third-order valence-corrected chi connectivity index (χ3v) is 4.90. The zero-order valence-electron chi connectivity index (χ0n) is 15.7. The molecule has 144 valence electrons. The number of benzene rings is 2. The monoisotopic (exact) mass is 381 g/mol. The number of aromatic nitrogens is 2. The van der Waals surface area contributed by atoms with Crippen molar-refractivity contribution in [3.05, 3.63) is 65.3 Å². The molecule has 2 aromatic carbocycles. The van der Waals surface area contributed by atoms with Crippen LogP contribution in [0.15, 0.2) is 47.0 Å². The number of nitrogens with zero attached hydrogens (tertiary/aromatic N) is 3. The van der Waals surface area contributed by atoms with E-state index < -0.39 is 5.82 Å². The summed E-state index contributed by atoms with van der Waals surface area (Å²) in [7, 11) is 1.42. The number of halogens is 1. The molecule has 7 heteroatoms. The van der Waals surface area contributed by atoms with Gasteiger partial charge in [-0.25, -0.2) is 4.39 Å². The van der Waals surface area contributed by atoms with Gasteiger partial charge in [0.25, 0.3) is 0 Å². The molecule has 0 saturated carbocycles. The smallest absolute Gasteiger partial charge is 0.249 e. The molecule has 2 heterocycles. The second kappa shape index (κ2) is 7.42. The van der Waals surface area contributed by atoms with Crippen molar-refractivity contribution in [2.45, 2.75) is 32.4 Å².